The van der Waals surface area contributed by atoms with E-state index in [0.717, 1.165) is 6.42 Å². The van der Waals surface area contributed by atoms with Gasteiger partial charge in [0.1, 0.15) is 5.76 Å². The minimum absolute atomic E-state index is 0.0293. The standard InChI is InChI=1S/C10H16N2O3/c1-7(4-3-5-13)11-10(14)9-6-8(2)15-12-9/h6-7,13H,3-5H2,1-2H3,(H,11,14). The summed E-state index contributed by atoms with van der Waals surface area (Å²) in [5.74, 6) is 0.375. The van der Waals surface area contributed by atoms with E-state index in [-0.39, 0.29) is 18.6 Å². The highest BCUT2D eigenvalue weighted by Crippen LogP contribution is 2.03. The molecule has 15 heavy (non-hydrogen) atoms. The van der Waals surface area contributed by atoms with Crippen LogP contribution in [0.2, 0.25) is 0 Å². The number of aliphatic hydroxyl groups excluding tert-OH is 1. The van der Waals surface area contributed by atoms with Crippen molar-refractivity contribution < 1.29 is 14.4 Å². The first-order chi connectivity index (χ1) is 7.13. The molecular weight excluding hydrogens is 196 g/mol. The van der Waals surface area contributed by atoms with Crippen molar-refractivity contribution in [3.8, 4) is 0 Å². The van der Waals surface area contributed by atoms with E-state index in [9.17, 15) is 4.79 Å². The normalized spacial score (nSPS) is 12.5. The van der Waals surface area contributed by atoms with Gasteiger partial charge in [-0.25, -0.2) is 0 Å². The number of hydrogen-bond acceptors (Lipinski definition) is 4. The summed E-state index contributed by atoms with van der Waals surface area (Å²) in [4.78, 5) is 11.5. The number of aromatic nitrogens is 1. The van der Waals surface area contributed by atoms with Gasteiger partial charge in [-0.1, -0.05) is 5.16 Å². The molecule has 0 aliphatic rings. The molecule has 0 radical (unpaired) electrons. The Hall–Kier alpha value is -1.36. The summed E-state index contributed by atoms with van der Waals surface area (Å²) in [6, 6.07) is 1.62. The van der Waals surface area contributed by atoms with E-state index in [4.69, 9.17) is 9.63 Å². The molecule has 5 nitrogen and oxygen atoms in total. The maximum atomic E-state index is 11.5. The van der Waals surface area contributed by atoms with Gasteiger partial charge in [-0.3, -0.25) is 4.79 Å². The molecule has 1 aromatic heterocycles. The number of aryl methyl sites for hydroxylation is 1. The van der Waals surface area contributed by atoms with Gasteiger partial charge < -0.3 is 14.9 Å². The summed E-state index contributed by atoms with van der Waals surface area (Å²) in [5.41, 5.74) is 0.295. The molecular formula is C10H16N2O3. The molecule has 0 saturated carbocycles. The molecule has 0 spiro atoms. The van der Waals surface area contributed by atoms with E-state index in [2.05, 4.69) is 10.5 Å². The van der Waals surface area contributed by atoms with Crippen LogP contribution in [0, 0.1) is 6.92 Å². The van der Waals surface area contributed by atoms with Crippen LogP contribution in [-0.2, 0) is 0 Å². The molecule has 1 rings (SSSR count). The summed E-state index contributed by atoms with van der Waals surface area (Å²) in [5, 5.41) is 15.0. The average molecular weight is 212 g/mol. The van der Waals surface area contributed by atoms with Crippen molar-refractivity contribution in [2.75, 3.05) is 6.61 Å². The Morgan fingerprint density at radius 2 is 2.47 bits per heavy atom. The minimum atomic E-state index is -0.239. The largest absolute Gasteiger partial charge is 0.396 e. The number of carbonyl (C=O) groups is 1. The molecule has 0 saturated heterocycles. The maximum Gasteiger partial charge on any atom is 0.273 e. The van der Waals surface area contributed by atoms with Gasteiger partial charge in [-0.2, -0.15) is 0 Å². The zero-order valence-electron chi connectivity index (χ0n) is 8.99. The van der Waals surface area contributed by atoms with Gasteiger partial charge in [0, 0.05) is 18.7 Å². The zero-order valence-corrected chi connectivity index (χ0v) is 8.99. The van der Waals surface area contributed by atoms with Crippen LogP contribution in [0.4, 0.5) is 0 Å². The number of amides is 1. The Balaban J connectivity index is 2.42. The van der Waals surface area contributed by atoms with Crippen molar-refractivity contribution in [3.63, 3.8) is 0 Å². The first-order valence-corrected chi connectivity index (χ1v) is 4.98. The lowest BCUT2D eigenvalue weighted by molar-refractivity contribution is 0.0927. The van der Waals surface area contributed by atoms with Crippen molar-refractivity contribution in [1.82, 2.24) is 10.5 Å². The van der Waals surface area contributed by atoms with Gasteiger partial charge in [0.05, 0.1) is 0 Å². The van der Waals surface area contributed by atoms with E-state index in [1.165, 1.54) is 0 Å². The third-order valence-corrected chi connectivity index (χ3v) is 2.03. The van der Waals surface area contributed by atoms with Crippen LogP contribution in [0.15, 0.2) is 10.6 Å². The highest BCUT2D eigenvalue weighted by molar-refractivity contribution is 5.92. The van der Waals surface area contributed by atoms with Gasteiger partial charge in [0.2, 0.25) is 0 Å². The average Bonchev–Trinajstić information content (AvgIpc) is 2.61. The molecule has 0 bridgehead atoms. The highest BCUT2D eigenvalue weighted by atomic mass is 16.5. The second kappa shape index (κ2) is 5.50. The molecule has 1 amide bonds. The smallest absolute Gasteiger partial charge is 0.273 e. The number of hydrogen-bond donors (Lipinski definition) is 2. The molecule has 5 heteroatoms. The van der Waals surface area contributed by atoms with E-state index in [1.54, 1.807) is 13.0 Å². The fourth-order valence-corrected chi connectivity index (χ4v) is 1.24. The SMILES string of the molecule is Cc1cc(C(=O)NC(C)CCCO)no1. The van der Waals surface area contributed by atoms with Crippen LogP contribution < -0.4 is 5.32 Å². The lowest BCUT2D eigenvalue weighted by Gasteiger charge is -2.11. The van der Waals surface area contributed by atoms with Crippen molar-refractivity contribution in [2.24, 2.45) is 0 Å². The summed E-state index contributed by atoms with van der Waals surface area (Å²) in [7, 11) is 0. The Kier molecular flexibility index (Phi) is 4.30. The zero-order chi connectivity index (χ0) is 11.3. The quantitative estimate of drug-likeness (QED) is 0.759. The fourth-order valence-electron chi connectivity index (χ4n) is 1.24. The van der Waals surface area contributed by atoms with Crippen molar-refractivity contribution in [2.45, 2.75) is 32.7 Å². The molecule has 2 N–H and O–H groups in total. The van der Waals surface area contributed by atoms with E-state index < -0.39 is 0 Å². The second-order valence-electron chi connectivity index (χ2n) is 3.56. The van der Waals surface area contributed by atoms with Crippen LogP contribution in [0.25, 0.3) is 0 Å². The van der Waals surface area contributed by atoms with Crippen LogP contribution in [0.1, 0.15) is 36.0 Å². The predicted octanol–water partition coefficient (Wildman–Crippen LogP) is 0.874. The van der Waals surface area contributed by atoms with E-state index in [0.29, 0.717) is 17.9 Å². The number of carbonyl (C=O) groups excluding carboxylic acids is 1. The summed E-state index contributed by atoms with van der Waals surface area (Å²) >= 11 is 0. The van der Waals surface area contributed by atoms with Crippen LogP contribution >= 0.6 is 0 Å². The Bertz CT molecular complexity index is 322. The molecule has 0 aromatic carbocycles. The van der Waals surface area contributed by atoms with E-state index >= 15 is 0 Å². The Morgan fingerprint density at radius 1 is 1.73 bits per heavy atom. The van der Waals surface area contributed by atoms with Crippen LogP contribution in [0.3, 0.4) is 0 Å². The molecule has 0 aliphatic heterocycles. The van der Waals surface area contributed by atoms with Gasteiger partial charge >= 0.3 is 0 Å². The summed E-state index contributed by atoms with van der Waals surface area (Å²) in [6.45, 7) is 3.77. The molecule has 84 valence electrons. The first kappa shape index (κ1) is 11.7. The number of aliphatic hydroxyl groups is 1. The van der Waals surface area contributed by atoms with Gasteiger partial charge in [0.15, 0.2) is 5.69 Å². The molecule has 0 fully saturated rings. The van der Waals surface area contributed by atoms with Crippen LogP contribution in [0.5, 0.6) is 0 Å². The van der Waals surface area contributed by atoms with Crippen LogP contribution in [-0.4, -0.2) is 28.8 Å². The van der Waals surface area contributed by atoms with Gasteiger partial charge in [-0.15, -0.1) is 0 Å². The Morgan fingerprint density at radius 3 is 3.00 bits per heavy atom. The third kappa shape index (κ3) is 3.71. The van der Waals surface area contributed by atoms with Crippen molar-refractivity contribution in [1.29, 1.82) is 0 Å². The van der Waals surface area contributed by atoms with E-state index in [1.807, 2.05) is 6.92 Å². The number of rotatable bonds is 5. The van der Waals surface area contributed by atoms with Crippen molar-refractivity contribution in [3.05, 3.63) is 17.5 Å². The molecule has 0 aliphatic carbocycles. The van der Waals surface area contributed by atoms with Gasteiger partial charge in [-0.05, 0) is 26.7 Å². The number of nitrogens with one attached hydrogen (secondary N) is 1. The fraction of sp³-hybridized carbons (Fsp3) is 0.600. The summed E-state index contributed by atoms with van der Waals surface area (Å²) < 4.78 is 4.80. The Labute approximate surface area is 88.5 Å². The molecule has 1 heterocycles. The topological polar surface area (TPSA) is 75.4 Å². The third-order valence-electron chi connectivity index (χ3n) is 2.03. The predicted molar refractivity (Wildman–Crippen MR) is 54.5 cm³/mol. The monoisotopic (exact) mass is 212 g/mol. The van der Waals surface area contributed by atoms with Crippen molar-refractivity contribution >= 4 is 5.91 Å². The second-order valence-corrected chi connectivity index (χ2v) is 3.56. The molecule has 1 unspecified atom stereocenters. The lowest BCUT2D eigenvalue weighted by atomic mass is 10.2. The number of nitrogens with zero attached hydrogens (tertiary/aromatic N) is 1. The molecule has 1 aromatic rings. The summed E-state index contributed by atoms with van der Waals surface area (Å²) in [6.07, 6.45) is 1.43. The first-order valence-electron chi connectivity index (χ1n) is 4.98. The highest BCUT2D eigenvalue weighted by Gasteiger charge is 2.13. The lowest BCUT2D eigenvalue weighted by Crippen LogP contribution is -2.32. The molecule has 1 atom stereocenters. The van der Waals surface area contributed by atoms with Gasteiger partial charge in [0.25, 0.3) is 5.91 Å². The minimum Gasteiger partial charge on any atom is -0.396 e. The maximum absolute atomic E-state index is 11.5.